The Morgan fingerprint density at radius 3 is 2.33 bits per heavy atom. The average Bonchev–Trinajstić information content (AvgIpc) is 2.56. The van der Waals surface area contributed by atoms with Crippen molar-refractivity contribution < 1.29 is 19.1 Å². The Bertz CT molecular complexity index is 363. The van der Waals surface area contributed by atoms with E-state index in [0.29, 0.717) is 71.9 Å². The van der Waals surface area contributed by atoms with Crippen molar-refractivity contribution in [3.05, 3.63) is 0 Å². The average molecular weight is 299 g/mol. The van der Waals surface area contributed by atoms with Crippen LogP contribution in [0.5, 0.6) is 0 Å². The van der Waals surface area contributed by atoms with Gasteiger partial charge in [-0.1, -0.05) is 0 Å². The first kappa shape index (κ1) is 16.2. The molecule has 7 heteroatoms. The molecule has 3 N–H and O–H groups in total. The second kappa shape index (κ2) is 7.72. The summed E-state index contributed by atoms with van der Waals surface area (Å²) in [6.45, 7) is 4.27. The lowest BCUT2D eigenvalue weighted by Gasteiger charge is -2.34. The van der Waals surface area contributed by atoms with Gasteiger partial charge in [-0.05, 0) is 12.8 Å². The molecule has 0 aromatic carbocycles. The van der Waals surface area contributed by atoms with E-state index >= 15 is 0 Å². The lowest BCUT2D eigenvalue weighted by Crippen LogP contribution is -2.50. The van der Waals surface area contributed by atoms with Crippen molar-refractivity contribution in [2.45, 2.75) is 19.3 Å². The number of nitrogens with two attached hydrogens (primary N) is 1. The summed E-state index contributed by atoms with van der Waals surface area (Å²) >= 11 is 0. The minimum absolute atomic E-state index is 0.0527. The zero-order chi connectivity index (χ0) is 15.1. The molecule has 0 atom stereocenters. The second-order valence-corrected chi connectivity index (χ2v) is 5.60. The highest BCUT2D eigenvalue weighted by molar-refractivity contribution is 5.84. The predicted octanol–water partition coefficient (Wildman–Crippen LogP) is -0.893. The molecule has 2 rings (SSSR count). The zero-order valence-corrected chi connectivity index (χ0v) is 12.4. The number of nitrogens with one attached hydrogen (secondary N) is 1. The van der Waals surface area contributed by atoms with Crippen molar-refractivity contribution in [1.82, 2.24) is 10.2 Å². The van der Waals surface area contributed by atoms with Crippen LogP contribution in [-0.2, 0) is 19.1 Å². The van der Waals surface area contributed by atoms with E-state index in [4.69, 9.17) is 15.2 Å². The minimum Gasteiger partial charge on any atom is -0.381 e. The van der Waals surface area contributed by atoms with Gasteiger partial charge < -0.3 is 25.4 Å². The maximum Gasteiger partial charge on any atom is 0.227 e. The summed E-state index contributed by atoms with van der Waals surface area (Å²) in [6, 6.07) is 0. The van der Waals surface area contributed by atoms with E-state index in [1.54, 1.807) is 4.90 Å². The van der Waals surface area contributed by atoms with Crippen LogP contribution in [0.1, 0.15) is 19.3 Å². The first-order valence-electron chi connectivity index (χ1n) is 7.60. The summed E-state index contributed by atoms with van der Waals surface area (Å²) in [4.78, 5) is 26.1. The van der Waals surface area contributed by atoms with Gasteiger partial charge in [-0.2, -0.15) is 0 Å². The normalized spacial score (nSPS) is 21.9. The Hall–Kier alpha value is -1.18. The topological polar surface area (TPSA) is 93.9 Å². The van der Waals surface area contributed by atoms with Crippen LogP contribution in [0.3, 0.4) is 0 Å². The molecule has 2 heterocycles. The van der Waals surface area contributed by atoms with E-state index in [0.717, 1.165) is 0 Å². The third kappa shape index (κ3) is 4.15. The lowest BCUT2D eigenvalue weighted by molar-refractivity contribution is -0.137. The van der Waals surface area contributed by atoms with Gasteiger partial charge >= 0.3 is 0 Å². The van der Waals surface area contributed by atoms with Gasteiger partial charge in [-0.15, -0.1) is 0 Å². The molecule has 0 aromatic rings. The van der Waals surface area contributed by atoms with Gasteiger partial charge in [0, 0.05) is 45.8 Å². The van der Waals surface area contributed by atoms with Crippen LogP contribution in [0.25, 0.3) is 0 Å². The molecule has 0 bridgehead atoms. The van der Waals surface area contributed by atoms with E-state index in [1.165, 1.54) is 0 Å². The predicted molar refractivity (Wildman–Crippen MR) is 76.6 cm³/mol. The molecule has 0 spiro atoms. The fraction of sp³-hybridized carbons (Fsp3) is 0.857. The Labute approximate surface area is 125 Å². The number of carbonyl (C=O) groups excluding carboxylic acids is 2. The fourth-order valence-electron chi connectivity index (χ4n) is 2.73. The highest BCUT2D eigenvalue weighted by atomic mass is 16.5. The quantitative estimate of drug-likeness (QED) is 0.686. The van der Waals surface area contributed by atoms with Gasteiger partial charge in [0.1, 0.15) is 0 Å². The van der Waals surface area contributed by atoms with Gasteiger partial charge in [-0.25, -0.2) is 0 Å². The number of hydrogen-bond donors (Lipinski definition) is 2. The van der Waals surface area contributed by atoms with Crippen molar-refractivity contribution in [2.24, 2.45) is 11.1 Å². The Kier molecular flexibility index (Phi) is 5.96. The van der Waals surface area contributed by atoms with Crippen LogP contribution in [0.15, 0.2) is 0 Å². The summed E-state index contributed by atoms with van der Waals surface area (Å²) in [6.07, 6.45) is 1.61. The molecule has 2 fully saturated rings. The fourth-order valence-corrected chi connectivity index (χ4v) is 2.73. The molecule has 0 radical (unpaired) electrons. The maximum absolute atomic E-state index is 12.3. The van der Waals surface area contributed by atoms with Crippen LogP contribution in [0.2, 0.25) is 0 Å². The molecule has 2 aliphatic heterocycles. The van der Waals surface area contributed by atoms with E-state index in [9.17, 15) is 9.59 Å². The summed E-state index contributed by atoms with van der Waals surface area (Å²) < 4.78 is 10.5. The molecule has 0 saturated carbocycles. The van der Waals surface area contributed by atoms with E-state index in [1.807, 2.05) is 0 Å². The smallest absolute Gasteiger partial charge is 0.227 e. The number of rotatable bonds is 5. The van der Waals surface area contributed by atoms with Crippen molar-refractivity contribution in [3.8, 4) is 0 Å². The van der Waals surface area contributed by atoms with Gasteiger partial charge in [0.25, 0.3) is 0 Å². The van der Waals surface area contributed by atoms with Crippen LogP contribution < -0.4 is 11.1 Å². The highest BCUT2D eigenvalue weighted by Crippen LogP contribution is 2.29. The minimum atomic E-state index is -0.528. The molecule has 2 saturated heterocycles. The third-order valence-corrected chi connectivity index (χ3v) is 4.31. The molecular formula is C14H25N3O4. The first-order valence-corrected chi connectivity index (χ1v) is 7.60. The molecule has 21 heavy (non-hydrogen) atoms. The van der Waals surface area contributed by atoms with Crippen molar-refractivity contribution in [2.75, 3.05) is 52.6 Å². The zero-order valence-electron chi connectivity index (χ0n) is 12.4. The molecule has 7 nitrogen and oxygen atoms in total. The number of hydrogen-bond acceptors (Lipinski definition) is 5. The second-order valence-electron chi connectivity index (χ2n) is 5.60. The summed E-state index contributed by atoms with van der Waals surface area (Å²) in [5.41, 5.74) is 5.25. The van der Waals surface area contributed by atoms with E-state index in [-0.39, 0.29) is 11.8 Å². The van der Waals surface area contributed by atoms with Gasteiger partial charge in [0.15, 0.2) is 0 Å². The monoisotopic (exact) mass is 299 g/mol. The van der Waals surface area contributed by atoms with Crippen LogP contribution in [-0.4, -0.2) is 69.3 Å². The Morgan fingerprint density at radius 1 is 1.10 bits per heavy atom. The van der Waals surface area contributed by atoms with Gasteiger partial charge in [0.2, 0.25) is 11.8 Å². The summed E-state index contributed by atoms with van der Waals surface area (Å²) in [7, 11) is 0. The standard InChI is InChI=1S/C14H25N3O4/c15-11-14(2-7-20-8-3-14)13(19)16-4-1-12(18)17-5-9-21-10-6-17/h1-11,15H2,(H,16,19). The van der Waals surface area contributed by atoms with Crippen molar-refractivity contribution in [1.29, 1.82) is 0 Å². The molecule has 0 aromatic heterocycles. The Morgan fingerprint density at radius 2 is 1.71 bits per heavy atom. The van der Waals surface area contributed by atoms with Gasteiger partial charge in [0.05, 0.1) is 18.6 Å². The summed E-state index contributed by atoms with van der Waals surface area (Å²) in [5, 5.41) is 2.86. The SMILES string of the molecule is NCC1(C(=O)NCCC(=O)N2CCOCC2)CCOCC1. The summed E-state index contributed by atoms with van der Waals surface area (Å²) in [5.74, 6) is 0.00968. The van der Waals surface area contributed by atoms with Crippen molar-refractivity contribution in [3.63, 3.8) is 0 Å². The first-order chi connectivity index (χ1) is 10.2. The number of ether oxygens (including phenoxy) is 2. The number of amides is 2. The van der Waals surface area contributed by atoms with Crippen LogP contribution in [0.4, 0.5) is 0 Å². The number of carbonyl (C=O) groups is 2. The van der Waals surface area contributed by atoms with Gasteiger partial charge in [-0.3, -0.25) is 9.59 Å². The van der Waals surface area contributed by atoms with Crippen LogP contribution >= 0.6 is 0 Å². The van der Waals surface area contributed by atoms with Crippen LogP contribution in [0, 0.1) is 5.41 Å². The number of nitrogens with zero attached hydrogens (tertiary/aromatic N) is 1. The lowest BCUT2D eigenvalue weighted by atomic mass is 9.79. The molecule has 120 valence electrons. The van der Waals surface area contributed by atoms with E-state index in [2.05, 4.69) is 5.32 Å². The van der Waals surface area contributed by atoms with E-state index < -0.39 is 5.41 Å². The maximum atomic E-state index is 12.3. The number of morpholine rings is 1. The molecular weight excluding hydrogens is 274 g/mol. The molecule has 0 unspecified atom stereocenters. The third-order valence-electron chi connectivity index (χ3n) is 4.31. The molecule has 0 aliphatic carbocycles. The van der Waals surface area contributed by atoms with Crippen molar-refractivity contribution >= 4 is 11.8 Å². The molecule has 2 aliphatic rings. The highest BCUT2D eigenvalue weighted by Gasteiger charge is 2.38. The molecule has 2 amide bonds. The largest absolute Gasteiger partial charge is 0.381 e. The Balaban J connectivity index is 1.74.